The van der Waals surface area contributed by atoms with E-state index in [-0.39, 0.29) is 6.10 Å². The highest BCUT2D eigenvalue weighted by molar-refractivity contribution is 5.34. The minimum atomic E-state index is 0.0170. The van der Waals surface area contributed by atoms with Crippen molar-refractivity contribution in [2.24, 2.45) is 0 Å². The summed E-state index contributed by atoms with van der Waals surface area (Å²) in [6, 6.07) is 0.310. The van der Waals surface area contributed by atoms with Crippen LogP contribution in [0, 0.1) is 0 Å². The van der Waals surface area contributed by atoms with Crippen molar-refractivity contribution in [2.45, 2.75) is 20.0 Å². The zero-order chi connectivity index (χ0) is 13.7. The van der Waals surface area contributed by atoms with Crippen LogP contribution in [0.1, 0.15) is 13.8 Å². The molecule has 0 bridgehead atoms. The number of nitrogens with one attached hydrogen (secondary N) is 2. The number of anilines is 2. The first-order valence-corrected chi connectivity index (χ1v) is 6.37. The van der Waals surface area contributed by atoms with Crippen LogP contribution in [0.15, 0.2) is 0 Å². The van der Waals surface area contributed by atoms with Crippen molar-refractivity contribution >= 4 is 11.9 Å². The molecule has 0 saturated carbocycles. The number of hydrazine groups is 1. The number of hydrogen-bond acceptors (Lipinski definition) is 8. The van der Waals surface area contributed by atoms with E-state index in [9.17, 15) is 0 Å². The highest BCUT2D eigenvalue weighted by Crippen LogP contribution is 2.13. The summed E-state index contributed by atoms with van der Waals surface area (Å²) in [4.78, 5) is 12.6. The van der Waals surface area contributed by atoms with Crippen molar-refractivity contribution in [3.63, 3.8) is 0 Å². The maximum atomic E-state index is 5.50. The molecule has 0 aromatic carbocycles. The van der Waals surface area contributed by atoms with E-state index < -0.39 is 0 Å². The third-order valence-electron chi connectivity index (χ3n) is 2.45. The predicted octanol–water partition coefficient (Wildman–Crippen LogP) is 0.360. The summed E-state index contributed by atoms with van der Waals surface area (Å²) in [6.45, 7) is 6.84. The summed E-state index contributed by atoms with van der Waals surface area (Å²) >= 11 is 0. The van der Waals surface area contributed by atoms with Crippen LogP contribution in [0.4, 0.5) is 11.9 Å². The summed E-state index contributed by atoms with van der Waals surface area (Å²) in [7, 11) is 1.76. The topological polar surface area (TPSA) is 84.4 Å². The third kappa shape index (κ3) is 4.18. The van der Waals surface area contributed by atoms with E-state index in [1.54, 1.807) is 7.05 Å². The summed E-state index contributed by atoms with van der Waals surface area (Å²) in [5.74, 6) is 0.943. The summed E-state index contributed by atoms with van der Waals surface area (Å²) in [5.41, 5.74) is 3.14. The monoisotopic (exact) mass is 268 g/mol. The van der Waals surface area contributed by atoms with Crippen molar-refractivity contribution in [1.82, 2.24) is 20.0 Å². The maximum Gasteiger partial charge on any atom is 0.323 e. The van der Waals surface area contributed by atoms with Gasteiger partial charge < -0.3 is 14.8 Å². The lowest BCUT2D eigenvalue weighted by Gasteiger charge is -2.26. The van der Waals surface area contributed by atoms with Crippen LogP contribution in [0.25, 0.3) is 0 Å². The Hall–Kier alpha value is -1.67. The highest BCUT2D eigenvalue weighted by atomic mass is 16.5. The van der Waals surface area contributed by atoms with E-state index in [2.05, 4.69) is 25.7 Å². The molecule has 8 heteroatoms. The number of rotatable bonds is 5. The minimum absolute atomic E-state index is 0.0170. The van der Waals surface area contributed by atoms with E-state index in [0.29, 0.717) is 31.1 Å². The molecule has 0 spiro atoms. The number of nitrogens with zero attached hydrogens (tertiary/aromatic N) is 4. The van der Waals surface area contributed by atoms with Crippen molar-refractivity contribution in [2.75, 3.05) is 44.1 Å². The van der Waals surface area contributed by atoms with Crippen molar-refractivity contribution in [3.8, 4) is 6.01 Å². The van der Waals surface area contributed by atoms with E-state index in [4.69, 9.17) is 9.47 Å². The first kappa shape index (κ1) is 13.8. The van der Waals surface area contributed by atoms with Gasteiger partial charge in [0.25, 0.3) is 0 Å². The highest BCUT2D eigenvalue weighted by Gasteiger charge is 2.13. The fourth-order valence-electron chi connectivity index (χ4n) is 1.60. The van der Waals surface area contributed by atoms with E-state index in [0.717, 1.165) is 13.1 Å². The molecule has 2 rings (SSSR count). The second-order valence-corrected chi connectivity index (χ2v) is 4.39. The average Bonchev–Trinajstić information content (AvgIpc) is 2.38. The molecule has 1 fully saturated rings. The van der Waals surface area contributed by atoms with Gasteiger partial charge in [0.15, 0.2) is 0 Å². The van der Waals surface area contributed by atoms with Crippen LogP contribution in [0.3, 0.4) is 0 Å². The first-order valence-electron chi connectivity index (χ1n) is 6.37. The van der Waals surface area contributed by atoms with Gasteiger partial charge in [0.1, 0.15) is 0 Å². The van der Waals surface area contributed by atoms with Crippen LogP contribution < -0.4 is 15.5 Å². The number of morpholine rings is 1. The van der Waals surface area contributed by atoms with Gasteiger partial charge in [0.2, 0.25) is 11.9 Å². The van der Waals surface area contributed by atoms with E-state index >= 15 is 0 Å². The van der Waals surface area contributed by atoms with Gasteiger partial charge in [-0.05, 0) is 13.8 Å². The van der Waals surface area contributed by atoms with Crippen LogP contribution >= 0.6 is 0 Å². The normalized spacial score (nSPS) is 16.4. The molecule has 0 atom stereocenters. The zero-order valence-electron chi connectivity index (χ0n) is 11.5. The molecule has 106 valence electrons. The Bertz CT molecular complexity index is 408. The lowest BCUT2D eigenvalue weighted by atomic mass is 10.5. The number of hydrogen-bond donors (Lipinski definition) is 2. The molecule has 2 heterocycles. The molecule has 1 aromatic rings. The smallest absolute Gasteiger partial charge is 0.323 e. The fraction of sp³-hybridized carbons (Fsp3) is 0.727. The summed E-state index contributed by atoms with van der Waals surface area (Å²) in [5, 5.41) is 4.90. The molecule has 19 heavy (non-hydrogen) atoms. The standard InChI is InChI=1S/C11H20N6O2/c1-8(2)19-11-14-9(12-3)13-10(15-11)16-17-4-6-18-7-5-17/h8H,4-7H2,1-3H3,(H2,12,13,14,15,16). The van der Waals surface area contributed by atoms with Crippen LogP contribution in [-0.4, -0.2) is 59.4 Å². The molecule has 1 aliphatic rings. The first-order chi connectivity index (χ1) is 9.17. The Morgan fingerprint density at radius 1 is 1.16 bits per heavy atom. The Kier molecular flexibility index (Phi) is 4.69. The SMILES string of the molecule is CNc1nc(NN2CCOCC2)nc(OC(C)C)n1. The quantitative estimate of drug-likeness (QED) is 0.792. The molecule has 8 nitrogen and oxygen atoms in total. The molecule has 0 unspecified atom stereocenters. The van der Waals surface area contributed by atoms with Gasteiger partial charge in [-0.3, -0.25) is 5.43 Å². The Balaban J connectivity index is 2.09. The molecule has 1 saturated heterocycles. The average molecular weight is 268 g/mol. The second-order valence-electron chi connectivity index (χ2n) is 4.39. The lowest BCUT2D eigenvalue weighted by Crippen LogP contribution is -2.40. The van der Waals surface area contributed by atoms with Crippen molar-refractivity contribution in [1.29, 1.82) is 0 Å². The zero-order valence-corrected chi connectivity index (χ0v) is 11.5. The summed E-state index contributed by atoms with van der Waals surface area (Å²) in [6.07, 6.45) is 0.0170. The van der Waals surface area contributed by atoms with Crippen LogP contribution in [0.5, 0.6) is 6.01 Å². The lowest BCUT2D eigenvalue weighted by molar-refractivity contribution is 0.0492. The molecular weight excluding hydrogens is 248 g/mol. The van der Waals surface area contributed by atoms with Gasteiger partial charge in [-0.2, -0.15) is 15.0 Å². The van der Waals surface area contributed by atoms with Crippen LogP contribution in [0.2, 0.25) is 0 Å². The van der Waals surface area contributed by atoms with Gasteiger partial charge in [-0.15, -0.1) is 0 Å². The Morgan fingerprint density at radius 2 is 1.84 bits per heavy atom. The largest absolute Gasteiger partial charge is 0.461 e. The second kappa shape index (κ2) is 6.48. The minimum Gasteiger partial charge on any atom is -0.461 e. The molecular formula is C11H20N6O2. The van der Waals surface area contributed by atoms with Crippen molar-refractivity contribution < 1.29 is 9.47 Å². The molecule has 0 amide bonds. The van der Waals surface area contributed by atoms with Gasteiger partial charge in [0.05, 0.1) is 19.3 Å². The van der Waals surface area contributed by atoms with Gasteiger partial charge >= 0.3 is 6.01 Å². The molecule has 0 aliphatic carbocycles. The van der Waals surface area contributed by atoms with Gasteiger partial charge in [0, 0.05) is 20.1 Å². The predicted molar refractivity (Wildman–Crippen MR) is 71.2 cm³/mol. The Morgan fingerprint density at radius 3 is 2.47 bits per heavy atom. The Labute approximate surface area is 112 Å². The molecule has 2 N–H and O–H groups in total. The number of aromatic nitrogens is 3. The number of ether oxygens (including phenoxy) is 2. The van der Waals surface area contributed by atoms with Gasteiger partial charge in [-0.25, -0.2) is 5.01 Å². The molecule has 1 aromatic heterocycles. The van der Waals surface area contributed by atoms with E-state index in [1.807, 2.05) is 18.9 Å². The van der Waals surface area contributed by atoms with Gasteiger partial charge in [-0.1, -0.05) is 0 Å². The molecule has 1 aliphatic heterocycles. The third-order valence-corrected chi connectivity index (χ3v) is 2.45. The fourth-order valence-corrected chi connectivity index (χ4v) is 1.60. The maximum absolute atomic E-state index is 5.50. The molecule has 0 radical (unpaired) electrons. The van der Waals surface area contributed by atoms with Crippen LogP contribution in [-0.2, 0) is 4.74 Å². The summed E-state index contributed by atoms with van der Waals surface area (Å²) < 4.78 is 10.8. The van der Waals surface area contributed by atoms with Crippen molar-refractivity contribution in [3.05, 3.63) is 0 Å². The van der Waals surface area contributed by atoms with E-state index in [1.165, 1.54) is 0 Å².